The number of carbonyl (C=O) groups excluding carboxylic acids is 1. The first kappa shape index (κ1) is 12.2. The lowest BCUT2D eigenvalue weighted by Gasteiger charge is -2.07. The Morgan fingerprint density at radius 2 is 2.38 bits per heavy atom. The van der Waals surface area contributed by atoms with E-state index in [1.54, 1.807) is 0 Å². The van der Waals surface area contributed by atoms with Gasteiger partial charge in [0.25, 0.3) is 0 Å². The zero-order valence-corrected chi connectivity index (χ0v) is 9.53. The summed E-state index contributed by atoms with van der Waals surface area (Å²) >= 11 is 0. The summed E-state index contributed by atoms with van der Waals surface area (Å²) in [6, 6.07) is 7.61. The summed E-state index contributed by atoms with van der Waals surface area (Å²) in [7, 11) is 0. The van der Waals surface area contributed by atoms with E-state index in [4.69, 9.17) is 5.26 Å². The number of aromatic nitrogens is 1. The van der Waals surface area contributed by atoms with Crippen molar-refractivity contribution >= 4 is 5.91 Å². The Labute approximate surface area is 95.3 Å². The SMILES string of the molecule is CCC(C#N)C(=O)NCc1cccc(C)n1. The summed E-state index contributed by atoms with van der Waals surface area (Å²) in [5, 5.41) is 11.4. The Morgan fingerprint density at radius 3 is 2.94 bits per heavy atom. The predicted molar refractivity (Wildman–Crippen MR) is 60.2 cm³/mol. The monoisotopic (exact) mass is 217 g/mol. The predicted octanol–water partition coefficient (Wildman–Crippen LogP) is 1.56. The lowest BCUT2D eigenvalue weighted by molar-refractivity contribution is -0.123. The van der Waals surface area contributed by atoms with Crippen molar-refractivity contribution in [1.82, 2.24) is 10.3 Å². The average Bonchev–Trinajstić information content (AvgIpc) is 2.28. The van der Waals surface area contributed by atoms with Crippen LogP contribution in [0.5, 0.6) is 0 Å². The molecule has 0 aliphatic carbocycles. The van der Waals surface area contributed by atoms with E-state index in [1.165, 1.54) is 0 Å². The molecule has 0 saturated heterocycles. The highest BCUT2D eigenvalue weighted by Gasteiger charge is 2.14. The van der Waals surface area contributed by atoms with Crippen LogP contribution in [0.25, 0.3) is 0 Å². The van der Waals surface area contributed by atoms with Gasteiger partial charge in [0.15, 0.2) is 0 Å². The number of nitrogens with zero attached hydrogens (tertiary/aromatic N) is 2. The van der Waals surface area contributed by atoms with E-state index < -0.39 is 5.92 Å². The second-order valence-electron chi connectivity index (χ2n) is 3.58. The van der Waals surface area contributed by atoms with Gasteiger partial charge in [0.05, 0.1) is 18.3 Å². The average molecular weight is 217 g/mol. The maximum absolute atomic E-state index is 11.5. The third-order valence-electron chi connectivity index (χ3n) is 2.27. The molecular formula is C12H15N3O. The molecule has 0 aliphatic rings. The van der Waals surface area contributed by atoms with Crippen LogP contribution in [0.4, 0.5) is 0 Å². The minimum Gasteiger partial charge on any atom is -0.349 e. The summed E-state index contributed by atoms with van der Waals surface area (Å²) in [4.78, 5) is 15.8. The van der Waals surface area contributed by atoms with Crippen LogP contribution in [0.3, 0.4) is 0 Å². The number of hydrogen-bond donors (Lipinski definition) is 1. The molecule has 1 aromatic heterocycles. The second-order valence-corrected chi connectivity index (χ2v) is 3.58. The number of rotatable bonds is 4. The lowest BCUT2D eigenvalue weighted by Crippen LogP contribution is -2.29. The fraction of sp³-hybridized carbons (Fsp3) is 0.417. The normalized spacial score (nSPS) is 11.6. The zero-order chi connectivity index (χ0) is 12.0. The highest BCUT2D eigenvalue weighted by Crippen LogP contribution is 2.02. The van der Waals surface area contributed by atoms with Crippen molar-refractivity contribution in [2.45, 2.75) is 26.8 Å². The summed E-state index contributed by atoms with van der Waals surface area (Å²) in [6.45, 7) is 4.09. The molecule has 0 saturated carbocycles. The van der Waals surface area contributed by atoms with E-state index in [9.17, 15) is 4.79 Å². The molecule has 0 spiro atoms. The van der Waals surface area contributed by atoms with E-state index in [-0.39, 0.29) is 5.91 Å². The lowest BCUT2D eigenvalue weighted by atomic mass is 10.1. The van der Waals surface area contributed by atoms with Crippen molar-refractivity contribution in [3.63, 3.8) is 0 Å². The maximum Gasteiger partial charge on any atom is 0.237 e. The molecule has 1 heterocycles. The van der Waals surface area contributed by atoms with E-state index in [0.717, 1.165) is 11.4 Å². The molecule has 1 atom stereocenters. The molecule has 4 heteroatoms. The van der Waals surface area contributed by atoms with Crippen LogP contribution in [0.2, 0.25) is 0 Å². The number of nitrogens with one attached hydrogen (secondary N) is 1. The first-order valence-corrected chi connectivity index (χ1v) is 5.27. The topological polar surface area (TPSA) is 65.8 Å². The van der Waals surface area contributed by atoms with Crippen LogP contribution in [-0.4, -0.2) is 10.9 Å². The van der Waals surface area contributed by atoms with Crippen LogP contribution in [0.15, 0.2) is 18.2 Å². The maximum atomic E-state index is 11.5. The van der Waals surface area contributed by atoms with E-state index in [2.05, 4.69) is 10.3 Å². The van der Waals surface area contributed by atoms with E-state index >= 15 is 0 Å². The largest absolute Gasteiger partial charge is 0.349 e. The molecule has 1 unspecified atom stereocenters. The molecule has 0 bridgehead atoms. The fourth-order valence-electron chi connectivity index (χ4n) is 1.33. The number of nitriles is 1. The molecule has 0 fully saturated rings. The van der Waals surface area contributed by atoms with Gasteiger partial charge in [0, 0.05) is 5.69 Å². The van der Waals surface area contributed by atoms with Crippen LogP contribution in [0.1, 0.15) is 24.7 Å². The Morgan fingerprint density at radius 1 is 1.62 bits per heavy atom. The first-order valence-electron chi connectivity index (χ1n) is 5.27. The highest BCUT2D eigenvalue weighted by molar-refractivity contribution is 5.80. The van der Waals surface area contributed by atoms with Gasteiger partial charge in [0.2, 0.25) is 5.91 Å². The molecule has 0 radical (unpaired) electrons. The van der Waals surface area contributed by atoms with Gasteiger partial charge >= 0.3 is 0 Å². The smallest absolute Gasteiger partial charge is 0.237 e. The minimum absolute atomic E-state index is 0.228. The van der Waals surface area contributed by atoms with Gasteiger partial charge in [-0.2, -0.15) is 5.26 Å². The molecular weight excluding hydrogens is 202 g/mol. The molecule has 0 aromatic carbocycles. The molecule has 0 aliphatic heterocycles. The van der Waals surface area contributed by atoms with Crippen molar-refractivity contribution < 1.29 is 4.79 Å². The Hall–Kier alpha value is -1.89. The van der Waals surface area contributed by atoms with Crippen molar-refractivity contribution in [2.24, 2.45) is 5.92 Å². The Kier molecular flexibility index (Phi) is 4.46. The van der Waals surface area contributed by atoms with E-state index in [0.29, 0.717) is 13.0 Å². The van der Waals surface area contributed by atoms with Gasteiger partial charge in [-0.3, -0.25) is 9.78 Å². The van der Waals surface area contributed by atoms with Gasteiger partial charge in [-0.25, -0.2) is 0 Å². The molecule has 4 nitrogen and oxygen atoms in total. The number of carbonyl (C=O) groups is 1. The summed E-state index contributed by atoms with van der Waals surface area (Å²) in [5.74, 6) is -0.793. The van der Waals surface area contributed by atoms with Crippen LogP contribution >= 0.6 is 0 Å². The molecule has 1 amide bonds. The summed E-state index contributed by atoms with van der Waals surface area (Å²) < 4.78 is 0. The highest BCUT2D eigenvalue weighted by atomic mass is 16.1. The van der Waals surface area contributed by atoms with Gasteiger partial charge in [0.1, 0.15) is 5.92 Å². The third kappa shape index (κ3) is 3.35. The number of hydrogen-bond acceptors (Lipinski definition) is 3. The Balaban J connectivity index is 2.52. The van der Waals surface area contributed by atoms with Gasteiger partial charge in [-0.15, -0.1) is 0 Å². The van der Waals surface area contributed by atoms with Gasteiger partial charge < -0.3 is 5.32 Å². The van der Waals surface area contributed by atoms with Crippen molar-refractivity contribution in [3.05, 3.63) is 29.6 Å². The molecule has 1 aromatic rings. The van der Waals surface area contributed by atoms with E-state index in [1.807, 2.05) is 38.1 Å². The molecule has 84 valence electrons. The number of pyridine rings is 1. The summed E-state index contributed by atoms with van der Waals surface area (Å²) in [5.41, 5.74) is 1.72. The summed E-state index contributed by atoms with van der Waals surface area (Å²) in [6.07, 6.45) is 0.531. The zero-order valence-electron chi connectivity index (χ0n) is 9.53. The first-order chi connectivity index (χ1) is 7.67. The number of aryl methyl sites for hydroxylation is 1. The second kappa shape index (κ2) is 5.86. The standard InChI is InChI=1S/C12H15N3O/c1-3-10(7-13)12(16)14-8-11-6-4-5-9(2)15-11/h4-6,10H,3,8H2,1-2H3,(H,14,16). The number of amides is 1. The van der Waals surface area contributed by atoms with Crippen LogP contribution in [-0.2, 0) is 11.3 Å². The van der Waals surface area contributed by atoms with Crippen molar-refractivity contribution in [1.29, 1.82) is 5.26 Å². The van der Waals surface area contributed by atoms with Gasteiger partial charge in [-0.1, -0.05) is 13.0 Å². The molecule has 1 rings (SSSR count). The van der Waals surface area contributed by atoms with Crippen LogP contribution < -0.4 is 5.32 Å². The quantitative estimate of drug-likeness (QED) is 0.832. The Bertz CT molecular complexity index is 409. The van der Waals surface area contributed by atoms with Crippen molar-refractivity contribution in [3.8, 4) is 6.07 Å². The van der Waals surface area contributed by atoms with Gasteiger partial charge in [-0.05, 0) is 25.5 Å². The van der Waals surface area contributed by atoms with Crippen molar-refractivity contribution in [2.75, 3.05) is 0 Å². The molecule has 16 heavy (non-hydrogen) atoms. The molecule has 1 N–H and O–H groups in total. The fourth-order valence-corrected chi connectivity index (χ4v) is 1.33. The van der Waals surface area contributed by atoms with Crippen LogP contribution in [0, 0.1) is 24.2 Å². The third-order valence-corrected chi connectivity index (χ3v) is 2.27. The minimum atomic E-state index is -0.565.